The van der Waals surface area contributed by atoms with Crippen LogP contribution in [0.3, 0.4) is 0 Å². The van der Waals surface area contributed by atoms with E-state index in [1.807, 2.05) is 32.0 Å². The summed E-state index contributed by atoms with van der Waals surface area (Å²) in [5, 5.41) is 5.04. The van der Waals surface area contributed by atoms with Crippen molar-refractivity contribution in [3.8, 4) is 0 Å². The second kappa shape index (κ2) is 8.60. The highest BCUT2D eigenvalue weighted by Gasteiger charge is 2.22. The number of fused-ring (bicyclic) bond motifs is 1. The smallest absolute Gasteiger partial charge is 0.226 e. The second-order valence-corrected chi connectivity index (χ2v) is 8.76. The lowest BCUT2D eigenvalue weighted by atomic mass is 9.89. The molecule has 3 aromatic rings. The molecule has 0 atom stereocenters. The largest absolute Gasteiger partial charge is 0.361 e. The lowest BCUT2D eigenvalue weighted by molar-refractivity contribution is -0.118. The Morgan fingerprint density at radius 3 is 2.76 bits per heavy atom. The first-order valence-electron chi connectivity index (χ1n) is 10.4. The van der Waals surface area contributed by atoms with E-state index in [9.17, 15) is 4.79 Å². The topological polar surface area (TPSA) is 48.1 Å². The fraction of sp³-hybridized carbons (Fsp3) is 0.375. The third-order valence-electron chi connectivity index (χ3n) is 5.86. The van der Waals surface area contributed by atoms with Crippen LogP contribution in [0.2, 0.25) is 5.02 Å². The average molecular weight is 410 g/mol. The summed E-state index contributed by atoms with van der Waals surface area (Å²) < 4.78 is 0. The Morgan fingerprint density at radius 2 is 2.00 bits per heavy atom. The molecular formula is C24H28ClN3O. The van der Waals surface area contributed by atoms with Crippen LogP contribution < -0.4 is 5.32 Å². The maximum absolute atomic E-state index is 12.0. The van der Waals surface area contributed by atoms with Gasteiger partial charge in [0.1, 0.15) is 0 Å². The average Bonchev–Trinajstić information content (AvgIpc) is 3.10. The SMILES string of the molecule is CC(C)C(=O)Nc1cccc(C2CCN(Cc3c[nH]c4cc(Cl)ccc34)CC2)c1. The van der Waals surface area contributed by atoms with Gasteiger partial charge < -0.3 is 10.3 Å². The Balaban J connectivity index is 1.37. The van der Waals surface area contributed by atoms with Crippen LogP contribution in [0, 0.1) is 5.92 Å². The number of H-pyrrole nitrogens is 1. The lowest BCUT2D eigenvalue weighted by Crippen LogP contribution is -2.32. The van der Waals surface area contributed by atoms with E-state index in [0.29, 0.717) is 5.92 Å². The molecule has 2 N–H and O–H groups in total. The van der Waals surface area contributed by atoms with Crippen LogP contribution in [-0.2, 0) is 11.3 Å². The summed E-state index contributed by atoms with van der Waals surface area (Å²) in [6.45, 7) is 6.94. The number of halogens is 1. The minimum atomic E-state index is -0.0116. The Labute approximate surface area is 177 Å². The number of likely N-dealkylation sites (tertiary alicyclic amines) is 1. The summed E-state index contributed by atoms with van der Waals surface area (Å²) in [4.78, 5) is 17.8. The molecule has 152 valence electrons. The number of rotatable bonds is 5. The Kier molecular flexibility index (Phi) is 5.93. The van der Waals surface area contributed by atoms with Gasteiger partial charge in [0, 0.05) is 40.3 Å². The molecule has 0 spiro atoms. The standard InChI is InChI=1S/C24H28ClN3O/c1-16(2)24(29)27-21-5-3-4-18(12-21)17-8-10-28(11-9-17)15-19-14-26-23-13-20(25)6-7-22(19)23/h3-7,12-14,16-17,26H,8-11,15H2,1-2H3,(H,27,29). The predicted octanol–water partition coefficient (Wildman–Crippen LogP) is 5.80. The highest BCUT2D eigenvalue weighted by molar-refractivity contribution is 6.31. The second-order valence-electron chi connectivity index (χ2n) is 8.32. The molecule has 2 aromatic carbocycles. The summed E-state index contributed by atoms with van der Waals surface area (Å²) in [5.74, 6) is 0.600. The molecule has 1 aliphatic heterocycles. The molecule has 0 unspecified atom stereocenters. The molecule has 1 aliphatic rings. The quantitative estimate of drug-likeness (QED) is 0.559. The first-order valence-corrected chi connectivity index (χ1v) is 10.8. The molecule has 5 heteroatoms. The highest BCUT2D eigenvalue weighted by atomic mass is 35.5. The molecule has 1 amide bonds. The van der Waals surface area contributed by atoms with Gasteiger partial charge in [-0.15, -0.1) is 0 Å². The molecule has 29 heavy (non-hydrogen) atoms. The van der Waals surface area contributed by atoms with Gasteiger partial charge in [0.25, 0.3) is 0 Å². The molecule has 0 saturated carbocycles. The highest BCUT2D eigenvalue weighted by Crippen LogP contribution is 2.31. The van der Waals surface area contributed by atoms with Gasteiger partial charge in [-0.05, 0) is 67.2 Å². The molecule has 0 aliphatic carbocycles. The van der Waals surface area contributed by atoms with Crippen molar-refractivity contribution in [2.45, 2.75) is 39.2 Å². The maximum atomic E-state index is 12.0. The summed E-state index contributed by atoms with van der Waals surface area (Å²) in [5.41, 5.74) is 4.66. The number of nitrogens with one attached hydrogen (secondary N) is 2. The molecule has 0 bridgehead atoms. The third-order valence-corrected chi connectivity index (χ3v) is 6.10. The van der Waals surface area contributed by atoms with E-state index in [-0.39, 0.29) is 11.8 Å². The fourth-order valence-electron chi connectivity index (χ4n) is 4.11. The van der Waals surface area contributed by atoms with Gasteiger partial charge in [0.05, 0.1) is 0 Å². The fourth-order valence-corrected chi connectivity index (χ4v) is 4.28. The molecule has 1 saturated heterocycles. The summed E-state index contributed by atoms with van der Waals surface area (Å²) in [6, 6.07) is 14.4. The van der Waals surface area contributed by atoms with Crippen LogP contribution in [0.4, 0.5) is 5.69 Å². The van der Waals surface area contributed by atoms with Gasteiger partial charge in [0.15, 0.2) is 0 Å². The van der Waals surface area contributed by atoms with Crippen molar-refractivity contribution in [1.29, 1.82) is 0 Å². The van der Waals surface area contributed by atoms with Crippen molar-refractivity contribution in [2.75, 3.05) is 18.4 Å². The van der Waals surface area contributed by atoms with Gasteiger partial charge in [-0.25, -0.2) is 0 Å². The van der Waals surface area contributed by atoms with Gasteiger partial charge >= 0.3 is 0 Å². The Bertz CT molecular complexity index is 1000. The van der Waals surface area contributed by atoms with E-state index in [2.05, 4.69) is 45.7 Å². The van der Waals surface area contributed by atoms with Crippen LogP contribution in [0.15, 0.2) is 48.7 Å². The van der Waals surface area contributed by atoms with Crippen LogP contribution in [-0.4, -0.2) is 28.9 Å². The lowest BCUT2D eigenvalue weighted by Gasteiger charge is -2.32. The van der Waals surface area contributed by atoms with Crippen LogP contribution in [0.25, 0.3) is 10.9 Å². The Morgan fingerprint density at radius 1 is 1.21 bits per heavy atom. The van der Waals surface area contributed by atoms with Crippen LogP contribution >= 0.6 is 11.6 Å². The van der Waals surface area contributed by atoms with E-state index in [0.717, 1.165) is 48.7 Å². The first kappa shape index (κ1) is 20.0. The summed E-state index contributed by atoms with van der Waals surface area (Å²) >= 11 is 6.09. The minimum Gasteiger partial charge on any atom is -0.361 e. The summed E-state index contributed by atoms with van der Waals surface area (Å²) in [7, 11) is 0. The number of nitrogens with zero attached hydrogens (tertiary/aromatic N) is 1. The number of anilines is 1. The van der Waals surface area contributed by atoms with Crippen molar-refractivity contribution < 1.29 is 4.79 Å². The predicted molar refractivity (Wildman–Crippen MR) is 120 cm³/mol. The number of amides is 1. The van der Waals surface area contributed by atoms with Gasteiger partial charge in [0.2, 0.25) is 5.91 Å². The van der Waals surface area contributed by atoms with E-state index in [4.69, 9.17) is 11.6 Å². The van der Waals surface area contributed by atoms with Gasteiger partial charge in [-0.3, -0.25) is 9.69 Å². The van der Waals surface area contributed by atoms with Gasteiger partial charge in [-0.2, -0.15) is 0 Å². The zero-order valence-corrected chi connectivity index (χ0v) is 17.8. The molecule has 4 rings (SSSR count). The molecule has 4 nitrogen and oxygen atoms in total. The first-order chi connectivity index (χ1) is 14.0. The third kappa shape index (κ3) is 4.65. The molecule has 1 fully saturated rings. The van der Waals surface area contributed by atoms with E-state index >= 15 is 0 Å². The van der Waals surface area contributed by atoms with Crippen LogP contribution in [0.5, 0.6) is 0 Å². The minimum absolute atomic E-state index is 0.0116. The number of hydrogen-bond acceptors (Lipinski definition) is 2. The van der Waals surface area contributed by atoms with Crippen molar-refractivity contribution in [3.05, 3.63) is 64.8 Å². The zero-order chi connectivity index (χ0) is 20.4. The number of carbonyl (C=O) groups excluding carboxylic acids is 1. The molecular weight excluding hydrogens is 382 g/mol. The van der Waals surface area contributed by atoms with E-state index in [1.54, 1.807) is 0 Å². The van der Waals surface area contributed by atoms with Crippen molar-refractivity contribution in [3.63, 3.8) is 0 Å². The van der Waals surface area contributed by atoms with Crippen molar-refractivity contribution in [1.82, 2.24) is 9.88 Å². The zero-order valence-electron chi connectivity index (χ0n) is 17.0. The van der Waals surface area contributed by atoms with Crippen molar-refractivity contribution >= 4 is 34.1 Å². The summed E-state index contributed by atoms with van der Waals surface area (Å²) in [6.07, 6.45) is 4.37. The normalized spacial score (nSPS) is 15.9. The number of benzene rings is 2. The number of aromatic amines is 1. The molecule has 1 aromatic heterocycles. The van der Waals surface area contributed by atoms with E-state index < -0.39 is 0 Å². The molecule has 2 heterocycles. The van der Waals surface area contributed by atoms with Crippen LogP contribution in [0.1, 0.15) is 43.7 Å². The molecule has 0 radical (unpaired) electrons. The monoisotopic (exact) mass is 409 g/mol. The van der Waals surface area contributed by atoms with Gasteiger partial charge in [-0.1, -0.05) is 43.6 Å². The van der Waals surface area contributed by atoms with Crippen molar-refractivity contribution in [2.24, 2.45) is 5.92 Å². The maximum Gasteiger partial charge on any atom is 0.226 e. The number of carbonyl (C=O) groups is 1. The number of aromatic nitrogens is 1. The number of piperidine rings is 1. The van der Waals surface area contributed by atoms with E-state index in [1.165, 1.54) is 16.5 Å². The Hall–Kier alpha value is -2.30. The number of hydrogen-bond donors (Lipinski definition) is 2.